The van der Waals surface area contributed by atoms with Crippen molar-refractivity contribution in [1.29, 1.82) is 0 Å². The summed E-state index contributed by atoms with van der Waals surface area (Å²) < 4.78 is 3.19. The lowest BCUT2D eigenvalue weighted by molar-refractivity contribution is -0.121. The average molecular weight is 366 g/mol. The van der Waals surface area contributed by atoms with Crippen LogP contribution in [0.25, 0.3) is 11.0 Å². The molecule has 0 aliphatic rings. The van der Waals surface area contributed by atoms with Crippen molar-refractivity contribution >= 4 is 22.8 Å². The Labute approximate surface area is 156 Å². The van der Waals surface area contributed by atoms with E-state index in [4.69, 9.17) is 0 Å². The van der Waals surface area contributed by atoms with Crippen molar-refractivity contribution < 1.29 is 9.59 Å². The molecule has 1 aromatic heterocycles. The fourth-order valence-corrected chi connectivity index (χ4v) is 3.05. The van der Waals surface area contributed by atoms with Crippen LogP contribution in [0.2, 0.25) is 0 Å². The Kier molecular flexibility index (Phi) is 5.40. The van der Waals surface area contributed by atoms with Gasteiger partial charge in [-0.15, -0.1) is 0 Å². The summed E-state index contributed by atoms with van der Waals surface area (Å²) in [5, 5.41) is 5.41. The summed E-state index contributed by atoms with van der Waals surface area (Å²) in [4.78, 5) is 36.2. The molecule has 3 rings (SSSR count). The molecule has 2 aromatic carbocycles. The second-order valence-corrected chi connectivity index (χ2v) is 6.29. The van der Waals surface area contributed by atoms with Gasteiger partial charge in [0.15, 0.2) is 0 Å². The van der Waals surface area contributed by atoms with E-state index in [1.807, 2.05) is 30.3 Å². The molecule has 0 bridgehead atoms. The van der Waals surface area contributed by atoms with Gasteiger partial charge in [0.1, 0.15) is 0 Å². The molecule has 0 atom stereocenters. The van der Waals surface area contributed by atoms with E-state index in [2.05, 4.69) is 10.6 Å². The van der Waals surface area contributed by atoms with Crippen molar-refractivity contribution in [2.45, 2.75) is 19.5 Å². The van der Waals surface area contributed by atoms with Crippen LogP contribution in [0.15, 0.2) is 53.3 Å². The first-order chi connectivity index (χ1) is 13.0. The van der Waals surface area contributed by atoms with Crippen LogP contribution in [0.4, 0.5) is 0 Å². The van der Waals surface area contributed by atoms with E-state index in [0.29, 0.717) is 18.7 Å². The lowest BCUT2D eigenvalue weighted by atomic mass is 10.1. The number of hydrogen-bond acceptors (Lipinski definition) is 3. The minimum absolute atomic E-state index is 0.137. The molecule has 2 amide bonds. The molecule has 27 heavy (non-hydrogen) atoms. The molecular formula is C20H22N4O3. The van der Waals surface area contributed by atoms with Crippen molar-refractivity contribution in [2.24, 2.45) is 7.05 Å². The fourth-order valence-electron chi connectivity index (χ4n) is 3.05. The third-order valence-electron chi connectivity index (χ3n) is 4.52. The molecule has 0 aliphatic heterocycles. The molecule has 0 radical (unpaired) electrons. The SMILES string of the molecule is CNC(=O)c1cccc(CNC(=O)CCn2c(=O)n(C)c3ccccc32)c1. The number of aromatic nitrogens is 2. The van der Waals surface area contributed by atoms with Crippen LogP contribution in [0.3, 0.4) is 0 Å². The maximum atomic E-state index is 12.4. The van der Waals surface area contributed by atoms with Gasteiger partial charge in [0, 0.05) is 39.2 Å². The van der Waals surface area contributed by atoms with Crippen LogP contribution >= 0.6 is 0 Å². The van der Waals surface area contributed by atoms with E-state index in [-0.39, 0.29) is 23.9 Å². The summed E-state index contributed by atoms with van der Waals surface area (Å²) in [6, 6.07) is 14.6. The van der Waals surface area contributed by atoms with Gasteiger partial charge in [-0.05, 0) is 29.8 Å². The Morgan fingerprint density at radius 3 is 2.52 bits per heavy atom. The molecule has 140 valence electrons. The minimum atomic E-state index is -0.168. The number of nitrogens with one attached hydrogen (secondary N) is 2. The maximum Gasteiger partial charge on any atom is 0.328 e. The van der Waals surface area contributed by atoms with E-state index in [1.165, 1.54) is 0 Å². The Morgan fingerprint density at radius 2 is 1.78 bits per heavy atom. The van der Waals surface area contributed by atoms with E-state index in [1.54, 1.807) is 41.4 Å². The van der Waals surface area contributed by atoms with Crippen LogP contribution in [-0.4, -0.2) is 28.0 Å². The van der Waals surface area contributed by atoms with Gasteiger partial charge >= 0.3 is 5.69 Å². The van der Waals surface area contributed by atoms with Crippen LogP contribution < -0.4 is 16.3 Å². The molecule has 0 spiro atoms. The minimum Gasteiger partial charge on any atom is -0.355 e. The maximum absolute atomic E-state index is 12.4. The summed E-state index contributed by atoms with van der Waals surface area (Å²) in [6.07, 6.45) is 0.197. The number of amides is 2. The van der Waals surface area contributed by atoms with Gasteiger partial charge in [0.2, 0.25) is 5.91 Å². The normalized spacial score (nSPS) is 10.7. The predicted molar refractivity (Wildman–Crippen MR) is 103 cm³/mol. The summed E-state index contributed by atoms with van der Waals surface area (Å²) in [6.45, 7) is 0.637. The number of imidazole rings is 1. The number of hydrogen-bond donors (Lipinski definition) is 2. The average Bonchev–Trinajstić information content (AvgIpc) is 2.95. The first-order valence-electron chi connectivity index (χ1n) is 8.73. The van der Waals surface area contributed by atoms with Crippen molar-refractivity contribution in [2.75, 3.05) is 7.05 Å². The number of fused-ring (bicyclic) bond motifs is 1. The highest BCUT2D eigenvalue weighted by Gasteiger charge is 2.11. The van der Waals surface area contributed by atoms with Gasteiger partial charge < -0.3 is 10.6 Å². The van der Waals surface area contributed by atoms with Crippen LogP contribution in [0.1, 0.15) is 22.3 Å². The quantitative estimate of drug-likeness (QED) is 0.692. The molecule has 0 saturated heterocycles. The molecule has 0 saturated carbocycles. The van der Waals surface area contributed by atoms with Crippen molar-refractivity contribution in [3.8, 4) is 0 Å². The van der Waals surface area contributed by atoms with E-state index >= 15 is 0 Å². The number of carbonyl (C=O) groups excluding carboxylic acids is 2. The molecule has 3 aromatic rings. The standard InChI is InChI=1S/C20H22N4O3/c1-21-19(26)15-7-5-6-14(12-15)13-22-18(25)10-11-24-17-9-4-3-8-16(17)23(2)20(24)27/h3-9,12H,10-11,13H2,1-2H3,(H,21,26)(H,22,25). The molecular weight excluding hydrogens is 344 g/mol. The lowest BCUT2D eigenvalue weighted by Crippen LogP contribution is -2.27. The first kappa shape index (κ1) is 18.4. The van der Waals surface area contributed by atoms with Crippen LogP contribution in [0.5, 0.6) is 0 Å². The third-order valence-corrected chi connectivity index (χ3v) is 4.52. The molecule has 7 nitrogen and oxygen atoms in total. The number of para-hydroxylation sites is 2. The van der Waals surface area contributed by atoms with Gasteiger partial charge in [-0.1, -0.05) is 24.3 Å². The Bertz CT molecular complexity index is 1050. The van der Waals surface area contributed by atoms with Crippen LogP contribution in [-0.2, 0) is 24.9 Å². The van der Waals surface area contributed by atoms with Gasteiger partial charge in [-0.25, -0.2) is 4.79 Å². The molecule has 0 fully saturated rings. The number of nitrogens with zero attached hydrogens (tertiary/aromatic N) is 2. The van der Waals surface area contributed by atoms with Gasteiger partial charge in [-0.2, -0.15) is 0 Å². The monoisotopic (exact) mass is 366 g/mol. The summed E-state index contributed by atoms with van der Waals surface area (Å²) in [5.74, 6) is -0.321. The highest BCUT2D eigenvalue weighted by molar-refractivity contribution is 5.94. The van der Waals surface area contributed by atoms with Crippen molar-refractivity contribution in [3.05, 3.63) is 70.1 Å². The Morgan fingerprint density at radius 1 is 1.04 bits per heavy atom. The lowest BCUT2D eigenvalue weighted by Gasteiger charge is -2.08. The van der Waals surface area contributed by atoms with Gasteiger partial charge in [0.25, 0.3) is 5.91 Å². The smallest absolute Gasteiger partial charge is 0.328 e. The highest BCUT2D eigenvalue weighted by Crippen LogP contribution is 2.12. The molecule has 1 heterocycles. The topological polar surface area (TPSA) is 85.1 Å². The molecule has 0 aliphatic carbocycles. The number of aryl methyl sites for hydroxylation is 2. The zero-order valence-electron chi connectivity index (χ0n) is 15.4. The number of carbonyl (C=O) groups is 2. The fraction of sp³-hybridized carbons (Fsp3) is 0.250. The molecule has 2 N–H and O–H groups in total. The number of rotatable bonds is 6. The van der Waals surface area contributed by atoms with Crippen LogP contribution in [0, 0.1) is 0 Å². The largest absolute Gasteiger partial charge is 0.355 e. The number of benzene rings is 2. The molecule has 7 heteroatoms. The Hall–Kier alpha value is -3.35. The second kappa shape index (κ2) is 7.90. The Balaban J connectivity index is 1.62. The van der Waals surface area contributed by atoms with Crippen molar-refractivity contribution in [1.82, 2.24) is 19.8 Å². The molecule has 0 unspecified atom stereocenters. The summed E-state index contributed by atoms with van der Waals surface area (Å²) in [7, 11) is 3.30. The van der Waals surface area contributed by atoms with E-state index in [0.717, 1.165) is 16.6 Å². The van der Waals surface area contributed by atoms with E-state index in [9.17, 15) is 14.4 Å². The zero-order chi connectivity index (χ0) is 19.4. The van der Waals surface area contributed by atoms with Gasteiger partial charge in [0.05, 0.1) is 11.0 Å². The second-order valence-electron chi connectivity index (χ2n) is 6.29. The zero-order valence-corrected chi connectivity index (χ0v) is 15.4. The first-order valence-corrected chi connectivity index (χ1v) is 8.73. The summed E-state index contributed by atoms with van der Waals surface area (Å²) in [5.41, 5.74) is 2.91. The predicted octanol–water partition coefficient (Wildman–Crippen LogP) is 1.41. The highest BCUT2D eigenvalue weighted by atomic mass is 16.2. The third kappa shape index (κ3) is 3.92. The summed E-state index contributed by atoms with van der Waals surface area (Å²) >= 11 is 0. The van der Waals surface area contributed by atoms with Gasteiger partial charge in [-0.3, -0.25) is 18.7 Å². The van der Waals surface area contributed by atoms with E-state index < -0.39 is 0 Å². The van der Waals surface area contributed by atoms with Crippen molar-refractivity contribution in [3.63, 3.8) is 0 Å².